The second-order valence-corrected chi connectivity index (χ2v) is 5.09. The van der Waals surface area contributed by atoms with Gasteiger partial charge in [0.25, 0.3) is 0 Å². The number of amides is 1. The third kappa shape index (κ3) is 3.45. The number of hydrogen-bond donors (Lipinski definition) is 1. The van der Waals surface area contributed by atoms with Gasteiger partial charge in [-0.3, -0.25) is 5.32 Å². The van der Waals surface area contributed by atoms with Gasteiger partial charge in [0, 0.05) is 17.6 Å². The summed E-state index contributed by atoms with van der Waals surface area (Å²) in [6, 6.07) is 1.69. The summed E-state index contributed by atoms with van der Waals surface area (Å²) < 4.78 is 10.3. The Bertz CT molecular complexity index is 585. The molecule has 0 atom stereocenters. The van der Waals surface area contributed by atoms with Gasteiger partial charge in [0.2, 0.25) is 0 Å². The minimum absolute atomic E-state index is 0.181. The van der Waals surface area contributed by atoms with Gasteiger partial charge in [0.15, 0.2) is 0 Å². The number of carbonyl (C=O) groups excluding carboxylic acids is 1. The first-order valence-corrected chi connectivity index (χ1v) is 6.89. The smallest absolute Gasteiger partial charge is 0.411 e. The number of pyridine rings is 1. The van der Waals surface area contributed by atoms with Gasteiger partial charge in [-0.25, -0.2) is 14.8 Å². The molecule has 2 heterocycles. The molecule has 0 aliphatic rings. The van der Waals surface area contributed by atoms with Crippen LogP contribution in [0.5, 0.6) is 5.75 Å². The zero-order chi connectivity index (χ0) is 14.5. The van der Waals surface area contributed by atoms with Crippen LogP contribution >= 0.6 is 11.3 Å². The van der Waals surface area contributed by atoms with E-state index in [0.29, 0.717) is 17.1 Å². The van der Waals surface area contributed by atoms with E-state index in [1.807, 2.05) is 5.38 Å². The molecular weight excluding hydrogens is 278 g/mol. The van der Waals surface area contributed by atoms with Crippen molar-refractivity contribution >= 4 is 23.1 Å². The summed E-state index contributed by atoms with van der Waals surface area (Å²) >= 11 is 1.47. The van der Waals surface area contributed by atoms with Gasteiger partial charge in [-0.1, -0.05) is 0 Å². The Balaban J connectivity index is 2.19. The lowest BCUT2D eigenvalue weighted by atomic mass is 10.3. The fourth-order valence-electron chi connectivity index (χ4n) is 1.53. The lowest BCUT2D eigenvalue weighted by Crippen LogP contribution is -2.18. The van der Waals surface area contributed by atoms with E-state index in [1.165, 1.54) is 11.3 Å². The highest BCUT2D eigenvalue weighted by molar-refractivity contribution is 7.13. The Kier molecular flexibility index (Phi) is 4.52. The number of rotatable bonds is 4. The second-order valence-electron chi connectivity index (χ2n) is 4.19. The molecule has 2 aromatic rings. The number of anilines is 1. The molecule has 1 N–H and O–H groups in total. The van der Waals surface area contributed by atoms with Crippen LogP contribution in [0, 0.1) is 0 Å². The highest BCUT2D eigenvalue weighted by atomic mass is 32.1. The lowest BCUT2D eigenvalue weighted by molar-refractivity contribution is 0.130. The number of hydrogen-bond acceptors (Lipinski definition) is 6. The van der Waals surface area contributed by atoms with Gasteiger partial charge in [0.1, 0.15) is 16.5 Å². The molecule has 0 saturated heterocycles. The fraction of sp³-hybridized carbons (Fsp3) is 0.308. The lowest BCUT2D eigenvalue weighted by Gasteiger charge is -2.11. The van der Waals surface area contributed by atoms with Crippen molar-refractivity contribution in [2.45, 2.75) is 20.0 Å². The van der Waals surface area contributed by atoms with Crippen LogP contribution in [0.4, 0.5) is 10.5 Å². The summed E-state index contributed by atoms with van der Waals surface area (Å²) in [6.45, 7) is 3.56. The largest absolute Gasteiger partial charge is 0.494 e. The summed E-state index contributed by atoms with van der Waals surface area (Å²) in [5, 5.41) is 5.23. The van der Waals surface area contributed by atoms with E-state index in [-0.39, 0.29) is 6.10 Å². The fourth-order valence-corrected chi connectivity index (χ4v) is 2.17. The molecule has 106 valence electrons. The normalized spacial score (nSPS) is 10.4. The second kappa shape index (κ2) is 6.33. The number of nitrogens with zero attached hydrogens (tertiary/aromatic N) is 2. The Labute approximate surface area is 120 Å². The molecule has 1 amide bonds. The van der Waals surface area contributed by atoms with Crippen LogP contribution in [0.2, 0.25) is 0 Å². The Morgan fingerprint density at radius 1 is 1.40 bits per heavy atom. The maximum atomic E-state index is 11.5. The highest BCUT2D eigenvalue weighted by Crippen LogP contribution is 2.31. The van der Waals surface area contributed by atoms with E-state index in [0.717, 1.165) is 5.01 Å². The SMILES string of the molecule is COc1cc(NC(=O)OC(C)C)cnc1-c1nccs1. The minimum atomic E-state index is -0.522. The van der Waals surface area contributed by atoms with Gasteiger partial charge in [0.05, 0.1) is 25.1 Å². The maximum Gasteiger partial charge on any atom is 0.411 e. The van der Waals surface area contributed by atoms with Crippen molar-refractivity contribution in [1.29, 1.82) is 0 Å². The average molecular weight is 293 g/mol. The van der Waals surface area contributed by atoms with Gasteiger partial charge < -0.3 is 9.47 Å². The van der Waals surface area contributed by atoms with Crippen LogP contribution in [-0.2, 0) is 4.74 Å². The van der Waals surface area contributed by atoms with Crippen LogP contribution in [0.25, 0.3) is 10.7 Å². The molecule has 0 aliphatic heterocycles. The van der Waals surface area contributed by atoms with Crippen LogP contribution < -0.4 is 10.1 Å². The first kappa shape index (κ1) is 14.3. The Morgan fingerprint density at radius 3 is 2.80 bits per heavy atom. The summed E-state index contributed by atoms with van der Waals surface area (Å²) in [7, 11) is 1.55. The molecule has 2 rings (SSSR count). The van der Waals surface area contributed by atoms with E-state index in [9.17, 15) is 4.79 Å². The standard InChI is InChI=1S/C13H15N3O3S/c1-8(2)19-13(17)16-9-6-10(18-3)11(15-7-9)12-14-4-5-20-12/h4-8H,1-3H3,(H,16,17). The maximum absolute atomic E-state index is 11.5. The number of thiazole rings is 1. The molecule has 20 heavy (non-hydrogen) atoms. The number of aromatic nitrogens is 2. The monoisotopic (exact) mass is 293 g/mol. The van der Waals surface area contributed by atoms with Crippen molar-refractivity contribution in [3.8, 4) is 16.5 Å². The third-order valence-corrected chi connectivity index (χ3v) is 3.08. The zero-order valence-electron chi connectivity index (χ0n) is 11.4. The van der Waals surface area contributed by atoms with E-state index >= 15 is 0 Å². The van der Waals surface area contributed by atoms with Crippen LogP contribution in [0.1, 0.15) is 13.8 Å². The molecule has 7 heteroatoms. The van der Waals surface area contributed by atoms with Gasteiger partial charge in [-0.05, 0) is 13.8 Å². The first-order chi connectivity index (χ1) is 9.60. The molecule has 0 radical (unpaired) electrons. The van der Waals surface area contributed by atoms with Crippen molar-refractivity contribution in [3.05, 3.63) is 23.8 Å². The molecule has 0 saturated carbocycles. The summed E-state index contributed by atoms with van der Waals surface area (Å²) in [5.41, 5.74) is 1.15. The molecule has 0 aliphatic carbocycles. The Morgan fingerprint density at radius 2 is 2.20 bits per heavy atom. The minimum Gasteiger partial charge on any atom is -0.494 e. The van der Waals surface area contributed by atoms with Crippen LogP contribution in [0.15, 0.2) is 23.8 Å². The summed E-state index contributed by atoms with van der Waals surface area (Å²) in [5.74, 6) is 0.544. The van der Waals surface area contributed by atoms with Crippen molar-refractivity contribution in [2.24, 2.45) is 0 Å². The number of nitrogens with one attached hydrogen (secondary N) is 1. The van der Waals surface area contributed by atoms with Crippen molar-refractivity contribution in [3.63, 3.8) is 0 Å². The third-order valence-electron chi connectivity index (χ3n) is 2.30. The quantitative estimate of drug-likeness (QED) is 0.937. The number of carbonyl (C=O) groups is 1. The molecule has 0 fully saturated rings. The average Bonchev–Trinajstić information content (AvgIpc) is 2.91. The number of ether oxygens (including phenoxy) is 2. The molecule has 6 nitrogen and oxygen atoms in total. The molecular formula is C13H15N3O3S. The molecule has 2 aromatic heterocycles. The Hall–Kier alpha value is -2.15. The number of methoxy groups -OCH3 is 1. The van der Waals surface area contributed by atoms with Crippen molar-refractivity contribution in [2.75, 3.05) is 12.4 Å². The van der Waals surface area contributed by atoms with E-state index < -0.39 is 6.09 Å². The van der Waals surface area contributed by atoms with Crippen LogP contribution in [0.3, 0.4) is 0 Å². The first-order valence-electron chi connectivity index (χ1n) is 6.01. The molecule has 0 spiro atoms. The van der Waals surface area contributed by atoms with Crippen LogP contribution in [-0.4, -0.2) is 29.3 Å². The van der Waals surface area contributed by atoms with E-state index in [4.69, 9.17) is 9.47 Å². The predicted molar refractivity (Wildman–Crippen MR) is 77.1 cm³/mol. The van der Waals surface area contributed by atoms with Crippen molar-refractivity contribution in [1.82, 2.24) is 9.97 Å². The highest BCUT2D eigenvalue weighted by Gasteiger charge is 2.13. The van der Waals surface area contributed by atoms with Gasteiger partial charge in [-0.15, -0.1) is 11.3 Å². The predicted octanol–water partition coefficient (Wildman–Crippen LogP) is 3.17. The topological polar surface area (TPSA) is 73.3 Å². The van der Waals surface area contributed by atoms with E-state index in [2.05, 4.69) is 15.3 Å². The molecule has 0 aromatic carbocycles. The van der Waals surface area contributed by atoms with E-state index in [1.54, 1.807) is 39.4 Å². The molecule has 0 unspecified atom stereocenters. The molecule has 0 bridgehead atoms. The summed E-state index contributed by atoms with van der Waals surface area (Å²) in [6.07, 6.45) is 2.54. The van der Waals surface area contributed by atoms with Gasteiger partial charge >= 0.3 is 6.09 Å². The zero-order valence-corrected chi connectivity index (χ0v) is 12.2. The van der Waals surface area contributed by atoms with Crippen molar-refractivity contribution < 1.29 is 14.3 Å². The summed E-state index contributed by atoms with van der Waals surface area (Å²) in [4.78, 5) is 20.0. The van der Waals surface area contributed by atoms with Gasteiger partial charge in [-0.2, -0.15) is 0 Å².